The van der Waals surface area contributed by atoms with Crippen LogP contribution in [0.2, 0.25) is 0 Å². The molecule has 29 heavy (non-hydrogen) atoms. The highest BCUT2D eigenvalue weighted by Gasteiger charge is 2.16. The van der Waals surface area contributed by atoms with Crippen molar-refractivity contribution in [2.75, 3.05) is 0 Å². The Labute approximate surface area is 177 Å². The summed E-state index contributed by atoms with van der Waals surface area (Å²) in [4.78, 5) is 11.3. The van der Waals surface area contributed by atoms with E-state index in [2.05, 4.69) is 6.92 Å². The fourth-order valence-electron chi connectivity index (χ4n) is 3.93. The van der Waals surface area contributed by atoms with Crippen molar-refractivity contribution in [1.82, 2.24) is 0 Å². The average molecular weight is 407 g/mol. The quantitative estimate of drug-likeness (QED) is 0.173. The Balaban J connectivity index is 1.98. The van der Waals surface area contributed by atoms with Crippen LogP contribution in [0.15, 0.2) is 12.1 Å². The molecule has 0 saturated carbocycles. The second-order valence-electron chi connectivity index (χ2n) is 8.32. The van der Waals surface area contributed by atoms with Crippen LogP contribution in [0, 0.1) is 0 Å². The number of aromatic carboxylic acids is 1. The summed E-state index contributed by atoms with van der Waals surface area (Å²) in [6.45, 7) is 2.26. The number of rotatable bonds is 18. The molecule has 0 aliphatic carbocycles. The van der Waals surface area contributed by atoms with Gasteiger partial charge in [-0.05, 0) is 25.0 Å². The Morgan fingerprint density at radius 3 is 1.52 bits per heavy atom. The van der Waals surface area contributed by atoms with Gasteiger partial charge >= 0.3 is 5.97 Å². The zero-order chi connectivity index (χ0) is 21.3. The molecule has 0 amide bonds. The van der Waals surface area contributed by atoms with Crippen LogP contribution < -0.4 is 0 Å². The zero-order valence-electron chi connectivity index (χ0n) is 18.4. The summed E-state index contributed by atoms with van der Waals surface area (Å²) in [7, 11) is 0. The number of hydrogen-bond acceptors (Lipinski definition) is 3. The van der Waals surface area contributed by atoms with Gasteiger partial charge in [-0.1, -0.05) is 103 Å². The maximum atomic E-state index is 11.3. The third-order valence-electron chi connectivity index (χ3n) is 5.77. The van der Waals surface area contributed by atoms with E-state index in [1.165, 1.54) is 95.6 Å². The molecule has 0 aliphatic heterocycles. The molecule has 0 fully saturated rings. The summed E-state index contributed by atoms with van der Waals surface area (Å²) in [5, 5.41) is 28.8. The average Bonchev–Trinajstić information content (AvgIpc) is 2.70. The van der Waals surface area contributed by atoms with Crippen LogP contribution in [-0.4, -0.2) is 21.3 Å². The lowest BCUT2D eigenvalue weighted by Gasteiger charge is -2.10. The minimum Gasteiger partial charge on any atom is -0.504 e. The van der Waals surface area contributed by atoms with Crippen molar-refractivity contribution in [1.29, 1.82) is 0 Å². The summed E-state index contributed by atoms with van der Waals surface area (Å²) >= 11 is 0. The molecule has 0 atom stereocenters. The largest absolute Gasteiger partial charge is 0.504 e. The van der Waals surface area contributed by atoms with E-state index in [0.717, 1.165) is 19.3 Å². The van der Waals surface area contributed by atoms with E-state index in [1.54, 1.807) is 0 Å². The van der Waals surface area contributed by atoms with Crippen LogP contribution in [0.1, 0.15) is 126 Å². The third kappa shape index (κ3) is 11.2. The molecule has 0 heterocycles. The van der Waals surface area contributed by atoms with Gasteiger partial charge in [-0.15, -0.1) is 0 Å². The molecule has 3 N–H and O–H groups in total. The van der Waals surface area contributed by atoms with Crippen LogP contribution >= 0.6 is 0 Å². The van der Waals surface area contributed by atoms with E-state index in [0.29, 0.717) is 12.0 Å². The Kier molecular flexibility index (Phi) is 14.1. The molecule has 166 valence electrons. The van der Waals surface area contributed by atoms with Crippen molar-refractivity contribution in [3.05, 3.63) is 23.3 Å². The van der Waals surface area contributed by atoms with Gasteiger partial charge in [-0.2, -0.15) is 0 Å². The van der Waals surface area contributed by atoms with Crippen molar-refractivity contribution in [2.24, 2.45) is 0 Å². The monoisotopic (exact) mass is 406 g/mol. The van der Waals surface area contributed by atoms with Gasteiger partial charge in [0.15, 0.2) is 11.5 Å². The number of carboxylic acids is 1. The highest BCUT2D eigenvalue weighted by atomic mass is 16.4. The number of unbranched alkanes of at least 4 members (excludes halogenated alkanes) is 15. The zero-order valence-corrected chi connectivity index (χ0v) is 18.4. The molecule has 0 unspecified atom stereocenters. The SMILES string of the molecule is CCCCCCCCCCCCCCCCCCc1c(C(=O)O)ccc(O)c1O. The van der Waals surface area contributed by atoms with Crippen molar-refractivity contribution in [3.63, 3.8) is 0 Å². The standard InChI is InChI=1S/C25H42O4/c1-2-3-4-5-6-7-8-9-10-11-12-13-14-15-16-17-18-21-22(25(28)29)19-20-23(26)24(21)27/h19-20,26-27H,2-18H2,1H3,(H,28,29). The second kappa shape index (κ2) is 16.1. The molecule has 1 aromatic rings. The number of phenols is 2. The summed E-state index contributed by atoms with van der Waals surface area (Å²) in [5.41, 5.74) is 0.434. The van der Waals surface area contributed by atoms with E-state index >= 15 is 0 Å². The summed E-state index contributed by atoms with van der Waals surface area (Å²) in [6, 6.07) is 2.59. The van der Waals surface area contributed by atoms with Crippen LogP contribution in [-0.2, 0) is 6.42 Å². The minimum atomic E-state index is -1.06. The maximum absolute atomic E-state index is 11.3. The topological polar surface area (TPSA) is 77.8 Å². The molecular weight excluding hydrogens is 364 g/mol. The lowest BCUT2D eigenvalue weighted by molar-refractivity contribution is 0.0695. The summed E-state index contributed by atoms with van der Waals surface area (Å²) < 4.78 is 0. The molecule has 4 heteroatoms. The fourth-order valence-corrected chi connectivity index (χ4v) is 3.93. The first-order chi connectivity index (χ1) is 14.1. The Morgan fingerprint density at radius 1 is 0.690 bits per heavy atom. The number of carbonyl (C=O) groups is 1. The molecular formula is C25H42O4. The molecule has 0 aliphatic rings. The Bertz CT molecular complexity index is 568. The first-order valence-electron chi connectivity index (χ1n) is 11.8. The highest BCUT2D eigenvalue weighted by Crippen LogP contribution is 2.32. The van der Waals surface area contributed by atoms with Crippen molar-refractivity contribution in [3.8, 4) is 11.5 Å². The van der Waals surface area contributed by atoms with E-state index < -0.39 is 5.97 Å². The first kappa shape index (κ1) is 25.3. The molecule has 0 bridgehead atoms. The van der Waals surface area contributed by atoms with Gasteiger partial charge in [0.25, 0.3) is 0 Å². The molecule has 0 spiro atoms. The minimum absolute atomic E-state index is 0.0845. The van der Waals surface area contributed by atoms with E-state index in [1.807, 2.05) is 0 Å². The van der Waals surface area contributed by atoms with Gasteiger partial charge in [0.1, 0.15) is 0 Å². The van der Waals surface area contributed by atoms with Crippen molar-refractivity contribution in [2.45, 2.75) is 116 Å². The Morgan fingerprint density at radius 2 is 1.10 bits per heavy atom. The lowest BCUT2D eigenvalue weighted by Crippen LogP contribution is -2.03. The number of aromatic hydroxyl groups is 2. The third-order valence-corrected chi connectivity index (χ3v) is 5.77. The van der Waals surface area contributed by atoms with Gasteiger partial charge < -0.3 is 15.3 Å². The number of hydrogen-bond donors (Lipinski definition) is 3. The second-order valence-corrected chi connectivity index (χ2v) is 8.32. The molecule has 1 aromatic carbocycles. The summed E-state index contributed by atoms with van der Waals surface area (Å²) in [5.74, 6) is -1.60. The van der Waals surface area contributed by atoms with Crippen molar-refractivity contribution < 1.29 is 20.1 Å². The van der Waals surface area contributed by atoms with Crippen LogP contribution in [0.5, 0.6) is 11.5 Å². The van der Waals surface area contributed by atoms with E-state index in [-0.39, 0.29) is 17.1 Å². The molecule has 0 radical (unpaired) electrons. The predicted molar refractivity (Wildman–Crippen MR) is 120 cm³/mol. The number of benzene rings is 1. The van der Waals surface area contributed by atoms with Gasteiger partial charge in [0, 0.05) is 5.56 Å². The smallest absolute Gasteiger partial charge is 0.336 e. The lowest BCUT2D eigenvalue weighted by atomic mass is 9.98. The van der Waals surface area contributed by atoms with Gasteiger partial charge in [-0.3, -0.25) is 0 Å². The van der Waals surface area contributed by atoms with Gasteiger partial charge in [-0.25, -0.2) is 4.79 Å². The van der Waals surface area contributed by atoms with E-state index in [9.17, 15) is 20.1 Å². The normalized spacial score (nSPS) is 11.1. The predicted octanol–water partition coefficient (Wildman–Crippen LogP) is 7.60. The summed E-state index contributed by atoms with van der Waals surface area (Å²) in [6.07, 6.45) is 21.1. The van der Waals surface area contributed by atoms with Gasteiger partial charge in [0.2, 0.25) is 0 Å². The maximum Gasteiger partial charge on any atom is 0.336 e. The number of phenolic OH excluding ortho intramolecular Hbond substituents is 2. The molecule has 4 nitrogen and oxygen atoms in total. The van der Waals surface area contributed by atoms with Crippen LogP contribution in [0.4, 0.5) is 0 Å². The number of carboxylic acid groups (broad SMARTS) is 1. The van der Waals surface area contributed by atoms with Crippen molar-refractivity contribution >= 4 is 5.97 Å². The van der Waals surface area contributed by atoms with Gasteiger partial charge in [0.05, 0.1) is 5.56 Å². The fraction of sp³-hybridized carbons (Fsp3) is 0.720. The molecule has 1 rings (SSSR count). The molecule has 0 saturated heterocycles. The van der Waals surface area contributed by atoms with Crippen LogP contribution in [0.3, 0.4) is 0 Å². The molecule has 0 aromatic heterocycles. The first-order valence-corrected chi connectivity index (χ1v) is 11.8. The van der Waals surface area contributed by atoms with Crippen LogP contribution in [0.25, 0.3) is 0 Å². The Hall–Kier alpha value is -1.71. The highest BCUT2D eigenvalue weighted by molar-refractivity contribution is 5.90. The van der Waals surface area contributed by atoms with E-state index in [4.69, 9.17) is 0 Å².